The van der Waals surface area contributed by atoms with Gasteiger partial charge in [-0.25, -0.2) is 4.98 Å². The van der Waals surface area contributed by atoms with Crippen LogP contribution in [0.3, 0.4) is 0 Å². The van der Waals surface area contributed by atoms with Crippen LogP contribution >= 0.6 is 15.9 Å². The molecule has 0 aliphatic rings. The highest BCUT2D eigenvalue weighted by molar-refractivity contribution is 9.10. The predicted octanol–water partition coefficient (Wildman–Crippen LogP) is 4.28. The Morgan fingerprint density at radius 3 is 2.54 bits per heavy atom. The van der Waals surface area contributed by atoms with Crippen LogP contribution in [0.4, 0.5) is 0 Å². The summed E-state index contributed by atoms with van der Waals surface area (Å²) in [4.78, 5) is 23.1. The largest absolute Gasteiger partial charge is 0.354 e. The molecule has 2 aromatic heterocycles. The highest BCUT2D eigenvalue weighted by Crippen LogP contribution is 2.21. The van der Waals surface area contributed by atoms with Crippen LogP contribution in [-0.4, -0.2) is 20.9 Å². The zero-order valence-electron chi connectivity index (χ0n) is 13.8. The number of nitrogens with zero attached hydrogens (tertiary/aromatic N) is 1. The van der Waals surface area contributed by atoms with Gasteiger partial charge in [0, 0.05) is 10.2 Å². The van der Waals surface area contributed by atoms with E-state index in [1.54, 1.807) is 6.20 Å². The smallest absolute Gasteiger partial charge is 0.268 e. The van der Waals surface area contributed by atoms with Gasteiger partial charge in [-0.05, 0) is 50.1 Å². The summed E-state index contributed by atoms with van der Waals surface area (Å²) in [7, 11) is 0. The number of nitrogens with one attached hydrogen (secondary N) is 3. The van der Waals surface area contributed by atoms with Gasteiger partial charge in [0.1, 0.15) is 11.5 Å². The van der Waals surface area contributed by atoms with Gasteiger partial charge >= 0.3 is 0 Å². The molecule has 1 amide bonds. The maximum absolute atomic E-state index is 12.4. The Morgan fingerprint density at radius 1 is 1.21 bits per heavy atom. The van der Waals surface area contributed by atoms with E-state index < -0.39 is 0 Å². The van der Waals surface area contributed by atoms with Crippen molar-refractivity contribution in [2.45, 2.75) is 26.8 Å². The monoisotopic (exact) mass is 386 g/mol. The Morgan fingerprint density at radius 2 is 1.92 bits per heavy atom. The third kappa shape index (κ3) is 3.43. The second-order valence-electron chi connectivity index (χ2n) is 5.89. The van der Waals surface area contributed by atoms with Gasteiger partial charge in [-0.15, -0.1) is 0 Å². The first-order valence-electron chi connectivity index (χ1n) is 7.72. The van der Waals surface area contributed by atoms with Crippen molar-refractivity contribution in [1.29, 1.82) is 0 Å². The number of hydrogen-bond donors (Lipinski definition) is 3. The van der Waals surface area contributed by atoms with E-state index in [4.69, 9.17) is 0 Å². The number of carbonyl (C=O) groups is 1. The minimum Gasteiger partial charge on any atom is -0.354 e. The van der Waals surface area contributed by atoms with Crippen molar-refractivity contribution in [1.82, 2.24) is 20.3 Å². The summed E-state index contributed by atoms with van der Waals surface area (Å²) in [6.07, 6.45) is 1.78. The summed E-state index contributed by atoms with van der Waals surface area (Å²) < 4.78 is 1.03. The number of benzene rings is 1. The maximum atomic E-state index is 12.4. The molecular weight excluding hydrogens is 368 g/mol. The molecule has 3 N–H and O–H groups in total. The molecular formula is C18H19BrN4O. The molecule has 6 heteroatoms. The van der Waals surface area contributed by atoms with E-state index in [1.165, 1.54) is 0 Å². The van der Waals surface area contributed by atoms with Gasteiger partial charge in [-0.3, -0.25) is 4.79 Å². The molecule has 0 fully saturated rings. The maximum Gasteiger partial charge on any atom is 0.268 e. The van der Waals surface area contributed by atoms with Crippen molar-refractivity contribution in [2.24, 2.45) is 0 Å². The van der Waals surface area contributed by atoms with Crippen molar-refractivity contribution in [2.75, 3.05) is 0 Å². The fourth-order valence-corrected chi connectivity index (χ4v) is 2.90. The Bertz CT molecular complexity index is 864. The molecule has 0 saturated carbocycles. The van der Waals surface area contributed by atoms with E-state index in [0.29, 0.717) is 5.69 Å². The van der Waals surface area contributed by atoms with E-state index in [2.05, 4.69) is 36.2 Å². The SMILES string of the molecule is Cc1cc(C)c(C(=O)NC(C)c2ncc(-c3ccc(Br)cc3)[nH]2)[nH]1. The molecule has 5 nitrogen and oxygen atoms in total. The quantitative estimate of drug-likeness (QED) is 0.625. The van der Waals surface area contributed by atoms with Crippen LogP contribution in [-0.2, 0) is 0 Å². The fourth-order valence-electron chi connectivity index (χ4n) is 2.63. The van der Waals surface area contributed by atoms with Crippen LogP contribution in [0.1, 0.15) is 40.5 Å². The van der Waals surface area contributed by atoms with Gasteiger partial charge in [0.15, 0.2) is 0 Å². The number of amides is 1. The van der Waals surface area contributed by atoms with Crippen LogP contribution in [0.25, 0.3) is 11.3 Å². The Balaban J connectivity index is 1.74. The minimum absolute atomic E-state index is 0.130. The third-order valence-corrected chi connectivity index (χ3v) is 4.41. The number of aromatic nitrogens is 3. The number of rotatable bonds is 4. The molecule has 0 spiro atoms. The average molecular weight is 387 g/mol. The number of aryl methyl sites for hydroxylation is 2. The summed E-state index contributed by atoms with van der Waals surface area (Å²) in [6, 6.07) is 9.72. The number of imidazole rings is 1. The third-order valence-electron chi connectivity index (χ3n) is 3.89. The van der Waals surface area contributed by atoms with Crippen molar-refractivity contribution in [3.05, 3.63) is 63.8 Å². The van der Waals surface area contributed by atoms with Crippen molar-refractivity contribution in [3.8, 4) is 11.3 Å². The molecule has 2 heterocycles. The van der Waals surface area contributed by atoms with E-state index in [-0.39, 0.29) is 11.9 Å². The van der Waals surface area contributed by atoms with Gasteiger partial charge in [0.25, 0.3) is 5.91 Å². The van der Waals surface area contributed by atoms with Crippen molar-refractivity contribution in [3.63, 3.8) is 0 Å². The van der Waals surface area contributed by atoms with Gasteiger partial charge in [-0.1, -0.05) is 28.1 Å². The first kappa shape index (κ1) is 16.5. The van der Waals surface area contributed by atoms with Crippen LogP contribution < -0.4 is 5.32 Å². The lowest BCUT2D eigenvalue weighted by molar-refractivity contribution is 0.0933. The number of aromatic amines is 2. The Hall–Kier alpha value is -2.34. The van der Waals surface area contributed by atoms with E-state index in [9.17, 15) is 4.79 Å². The molecule has 1 atom stereocenters. The molecule has 3 rings (SSSR count). The van der Waals surface area contributed by atoms with Gasteiger partial charge in [0.2, 0.25) is 0 Å². The normalized spacial score (nSPS) is 12.2. The second-order valence-corrected chi connectivity index (χ2v) is 6.81. The first-order chi connectivity index (χ1) is 11.4. The molecule has 1 aromatic carbocycles. The highest BCUT2D eigenvalue weighted by Gasteiger charge is 2.17. The fraction of sp³-hybridized carbons (Fsp3) is 0.222. The first-order valence-corrected chi connectivity index (χ1v) is 8.51. The van der Waals surface area contributed by atoms with Crippen molar-refractivity contribution >= 4 is 21.8 Å². The molecule has 124 valence electrons. The minimum atomic E-state index is -0.218. The molecule has 0 bridgehead atoms. The Labute approximate surface area is 149 Å². The summed E-state index contributed by atoms with van der Waals surface area (Å²) in [5.41, 5.74) is 4.48. The van der Waals surface area contributed by atoms with Crippen LogP contribution in [0.15, 0.2) is 41.0 Å². The lowest BCUT2D eigenvalue weighted by Gasteiger charge is -2.11. The number of H-pyrrole nitrogens is 2. The van der Waals surface area contributed by atoms with Crippen LogP contribution in [0, 0.1) is 13.8 Å². The lowest BCUT2D eigenvalue weighted by Crippen LogP contribution is -2.28. The summed E-state index contributed by atoms with van der Waals surface area (Å²) in [5.74, 6) is 0.594. The molecule has 1 unspecified atom stereocenters. The highest BCUT2D eigenvalue weighted by atomic mass is 79.9. The number of halogens is 1. The van der Waals surface area contributed by atoms with Gasteiger partial charge < -0.3 is 15.3 Å². The summed E-state index contributed by atoms with van der Waals surface area (Å²) in [6.45, 7) is 5.76. The number of carbonyl (C=O) groups excluding carboxylic acids is 1. The van der Waals surface area contributed by atoms with E-state index in [0.717, 1.165) is 32.8 Å². The van der Waals surface area contributed by atoms with E-state index >= 15 is 0 Å². The van der Waals surface area contributed by atoms with Gasteiger partial charge in [0.05, 0.1) is 17.9 Å². The summed E-state index contributed by atoms with van der Waals surface area (Å²) in [5, 5.41) is 2.97. The average Bonchev–Trinajstić information content (AvgIpc) is 3.14. The molecule has 24 heavy (non-hydrogen) atoms. The second kappa shape index (κ2) is 6.65. The zero-order chi connectivity index (χ0) is 17.3. The molecule has 0 aliphatic carbocycles. The van der Waals surface area contributed by atoms with Crippen molar-refractivity contribution < 1.29 is 4.79 Å². The zero-order valence-corrected chi connectivity index (χ0v) is 15.4. The topological polar surface area (TPSA) is 73.6 Å². The van der Waals surface area contributed by atoms with Crippen LogP contribution in [0.5, 0.6) is 0 Å². The molecule has 3 aromatic rings. The molecule has 0 saturated heterocycles. The van der Waals surface area contributed by atoms with Crippen LogP contribution in [0.2, 0.25) is 0 Å². The van der Waals surface area contributed by atoms with E-state index in [1.807, 2.05) is 51.1 Å². The lowest BCUT2D eigenvalue weighted by atomic mass is 10.2. The van der Waals surface area contributed by atoms with Gasteiger partial charge in [-0.2, -0.15) is 0 Å². The molecule has 0 aliphatic heterocycles. The Kier molecular flexibility index (Phi) is 4.57. The summed E-state index contributed by atoms with van der Waals surface area (Å²) >= 11 is 3.43. The number of hydrogen-bond acceptors (Lipinski definition) is 2. The predicted molar refractivity (Wildman–Crippen MR) is 97.9 cm³/mol. The molecule has 0 radical (unpaired) electrons. The standard InChI is InChI=1S/C18H19BrN4O/c1-10-8-11(2)21-16(10)18(24)22-12(3)17-20-9-15(23-17)13-4-6-14(19)7-5-13/h4-9,12,21H,1-3H3,(H,20,23)(H,22,24).